The van der Waals surface area contributed by atoms with Crippen LogP contribution in [0.15, 0.2) is 18.2 Å². The van der Waals surface area contributed by atoms with Crippen molar-refractivity contribution in [2.24, 2.45) is 11.8 Å². The fraction of sp³-hybridized carbons (Fsp3) is 0.714. The summed E-state index contributed by atoms with van der Waals surface area (Å²) in [5.41, 5.74) is 2.61. The van der Waals surface area contributed by atoms with Crippen LogP contribution in [0.4, 0.5) is 0 Å². The summed E-state index contributed by atoms with van der Waals surface area (Å²) in [6, 6.07) is 6.80. The summed E-state index contributed by atoms with van der Waals surface area (Å²) in [6.07, 6.45) is 3.73. The summed E-state index contributed by atoms with van der Waals surface area (Å²) < 4.78 is 0. The normalized spacial score (nSPS) is 23.6. The average molecular weight is 346 g/mol. The van der Waals surface area contributed by atoms with Crippen molar-refractivity contribution in [3.63, 3.8) is 0 Å². The molecule has 4 heteroatoms. The van der Waals surface area contributed by atoms with Gasteiger partial charge in [0.15, 0.2) is 0 Å². The Bertz CT molecular complexity index is 552. The number of piperidine rings is 1. The van der Waals surface area contributed by atoms with Gasteiger partial charge in [-0.15, -0.1) is 0 Å². The Morgan fingerprint density at radius 3 is 2.72 bits per heavy atom. The lowest BCUT2D eigenvalue weighted by atomic mass is 9.94. The van der Waals surface area contributed by atoms with Crippen LogP contribution in [0, 0.1) is 11.8 Å². The summed E-state index contributed by atoms with van der Waals surface area (Å²) >= 11 is 0. The molecule has 4 nitrogen and oxygen atoms in total. The minimum atomic E-state index is 0.368. The molecule has 0 unspecified atom stereocenters. The van der Waals surface area contributed by atoms with Crippen molar-refractivity contribution in [3.05, 3.63) is 29.3 Å². The Morgan fingerprint density at radius 1 is 1.24 bits per heavy atom. The van der Waals surface area contributed by atoms with Gasteiger partial charge >= 0.3 is 0 Å². The second kappa shape index (κ2) is 8.52. The Hall–Kier alpha value is -1.10. The first kappa shape index (κ1) is 18.7. The number of hydrogen-bond acceptors (Lipinski definition) is 4. The average Bonchev–Trinajstić information content (AvgIpc) is 2.60. The molecule has 3 N–H and O–H groups in total. The van der Waals surface area contributed by atoms with Gasteiger partial charge in [0.1, 0.15) is 5.75 Å². The fourth-order valence-corrected chi connectivity index (χ4v) is 4.04. The Kier molecular flexibility index (Phi) is 6.37. The summed E-state index contributed by atoms with van der Waals surface area (Å²) in [5, 5.41) is 17.1. The number of benzene rings is 1. The van der Waals surface area contributed by atoms with E-state index < -0.39 is 0 Å². The maximum Gasteiger partial charge on any atom is 0.115 e. The molecule has 25 heavy (non-hydrogen) atoms. The van der Waals surface area contributed by atoms with E-state index in [1.807, 2.05) is 12.1 Å². The van der Waals surface area contributed by atoms with E-state index in [1.54, 1.807) is 0 Å². The van der Waals surface area contributed by atoms with Crippen molar-refractivity contribution in [1.29, 1.82) is 0 Å². The molecule has 2 aliphatic heterocycles. The summed E-state index contributed by atoms with van der Waals surface area (Å²) in [5.74, 6) is 1.91. The number of rotatable bonds is 6. The van der Waals surface area contributed by atoms with Crippen molar-refractivity contribution < 1.29 is 5.11 Å². The first-order valence-corrected chi connectivity index (χ1v) is 10.0. The molecule has 1 aromatic carbocycles. The van der Waals surface area contributed by atoms with Crippen molar-refractivity contribution in [2.75, 3.05) is 26.2 Å². The molecule has 0 aromatic heterocycles. The van der Waals surface area contributed by atoms with E-state index in [9.17, 15) is 5.11 Å². The minimum absolute atomic E-state index is 0.368. The highest BCUT2D eigenvalue weighted by Crippen LogP contribution is 2.22. The smallest absolute Gasteiger partial charge is 0.115 e. The molecule has 0 aliphatic carbocycles. The number of phenolic OH excluding ortho intramolecular Hbond substituents is 1. The summed E-state index contributed by atoms with van der Waals surface area (Å²) in [6.45, 7) is 12.6. The molecule has 0 amide bonds. The van der Waals surface area contributed by atoms with E-state index in [2.05, 4.69) is 42.4 Å². The maximum absolute atomic E-state index is 9.62. The second-order valence-corrected chi connectivity index (χ2v) is 8.48. The van der Waals surface area contributed by atoms with Gasteiger partial charge in [-0.1, -0.05) is 26.8 Å². The zero-order valence-corrected chi connectivity index (χ0v) is 16.1. The molecule has 140 valence electrons. The van der Waals surface area contributed by atoms with Crippen molar-refractivity contribution >= 4 is 0 Å². The Labute approximate surface area is 153 Å². The van der Waals surface area contributed by atoms with Crippen molar-refractivity contribution in [1.82, 2.24) is 15.5 Å². The first-order valence-electron chi connectivity index (χ1n) is 10.0. The Balaban J connectivity index is 1.49. The predicted octanol–water partition coefficient (Wildman–Crippen LogP) is 2.75. The molecule has 1 fully saturated rings. The number of nitrogens with zero attached hydrogens (tertiary/aromatic N) is 1. The van der Waals surface area contributed by atoms with Gasteiger partial charge in [-0.05, 0) is 67.4 Å². The predicted molar refractivity (Wildman–Crippen MR) is 104 cm³/mol. The third kappa shape index (κ3) is 5.19. The van der Waals surface area contributed by atoms with E-state index in [0.717, 1.165) is 25.4 Å². The van der Waals surface area contributed by atoms with Crippen LogP contribution in [-0.4, -0.2) is 48.3 Å². The molecular weight excluding hydrogens is 310 g/mol. The van der Waals surface area contributed by atoms with Gasteiger partial charge in [-0.3, -0.25) is 0 Å². The maximum atomic E-state index is 9.62. The van der Waals surface area contributed by atoms with E-state index in [-0.39, 0.29) is 0 Å². The molecule has 1 aromatic rings. The number of fused-ring (bicyclic) bond motifs is 1. The number of phenols is 1. The second-order valence-electron chi connectivity index (χ2n) is 8.48. The highest BCUT2D eigenvalue weighted by molar-refractivity contribution is 5.36. The highest BCUT2D eigenvalue weighted by atomic mass is 16.3. The standard InChI is InChI=1S/C21H35N3O/c1-15(2)21(14-24-8-6-16(3)7-9-24)23-13-19-10-17-4-5-20(25)11-18(17)12-22-19/h4-5,11,15-16,19,21-23,25H,6-10,12-14H2,1-3H3/t19-,21-/m1/s1. The zero-order valence-electron chi connectivity index (χ0n) is 16.1. The largest absolute Gasteiger partial charge is 0.508 e. The highest BCUT2D eigenvalue weighted by Gasteiger charge is 2.23. The molecule has 2 heterocycles. The van der Waals surface area contributed by atoms with Gasteiger partial charge in [0.25, 0.3) is 0 Å². The molecule has 0 radical (unpaired) electrons. The lowest BCUT2D eigenvalue weighted by molar-refractivity contribution is 0.160. The fourth-order valence-electron chi connectivity index (χ4n) is 4.04. The molecule has 0 bridgehead atoms. The van der Waals surface area contributed by atoms with Crippen LogP contribution in [0.1, 0.15) is 44.7 Å². The number of aromatic hydroxyl groups is 1. The van der Waals surface area contributed by atoms with Gasteiger partial charge in [0.05, 0.1) is 0 Å². The topological polar surface area (TPSA) is 47.5 Å². The van der Waals surface area contributed by atoms with Crippen molar-refractivity contribution in [2.45, 2.75) is 58.7 Å². The summed E-state index contributed by atoms with van der Waals surface area (Å²) in [4.78, 5) is 2.64. The molecule has 2 atom stereocenters. The van der Waals surface area contributed by atoms with Crippen LogP contribution in [0.25, 0.3) is 0 Å². The molecule has 1 saturated heterocycles. The molecule has 2 aliphatic rings. The lowest BCUT2D eigenvalue weighted by Crippen LogP contribution is -2.51. The molecular formula is C21H35N3O. The van der Waals surface area contributed by atoms with Gasteiger partial charge in [0.2, 0.25) is 0 Å². The van der Waals surface area contributed by atoms with Gasteiger partial charge < -0.3 is 20.6 Å². The van der Waals surface area contributed by atoms with E-state index in [4.69, 9.17) is 0 Å². The van der Waals surface area contributed by atoms with Gasteiger partial charge in [-0.2, -0.15) is 0 Å². The quantitative estimate of drug-likeness (QED) is 0.742. The minimum Gasteiger partial charge on any atom is -0.508 e. The molecule has 0 spiro atoms. The molecule has 3 rings (SSSR count). The number of hydrogen-bond donors (Lipinski definition) is 3. The Morgan fingerprint density at radius 2 is 2.00 bits per heavy atom. The third-order valence-electron chi connectivity index (χ3n) is 6.00. The summed E-state index contributed by atoms with van der Waals surface area (Å²) in [7, 11) is 0. The van der Waals surface area contributed by atoms with Crippen molar-refractivity contribution in [3.8, 4) is 5.75 Å². The van der Waals surface area contributed by atoms with Crippen LogP contribution < -0.4 is 10.6 Å². The van der Waals surface area contributed by atoms with Crippen LogP contribution >= 0.6 is 0 Å². The van der Waals surface area contributed by atoms with E-state index in [1.165, 1.54) is 43.6 Å². The van der Waals surface area contributed by atoms with Crippen LogP contribution in [0.2, 0.25) is 0 Å². The monoisotopic (exact) mass is 345 g/mol. The van der Waals surface area contributed by atoms with Crippen LogP contribution in [0.3, 0.4) is 0 Å². The van der Waals surface area contributed by atoms with Gasteiger partial charge in [-0.25, -0.2) is 0 Å². The van der Waals surface area contributed by atoms with E-state index in [0.29, 0.717) is 23.8 Å². The van der Waals surface area contributed by atoms with Crippen LogP contribution in [0.5, 0.6) is 5.75 Å². The molecule has 0 saturated carbocycles. The van der Waals surface area contributed by atoms with Crippen LogP contribution in [-0.2, 0) is 13.0 Å². The number of likely N-dealkylation sites (tertiary alicyclic amines) is 1. The number of nitrogens with one attached hydrogen (secondary N) is 2. The lowest BCUT2D eigenvalue weighted by Gasteiger charge is -2.36. The zero-order chi connectivity index (χ0) is 17.8. The third-order valence-corrected chi connectivity index (χ3v) is 6.00. The van der Waals surface area contributed by atoms with E-state index >= 15 is 0 Å². The first-order chi connectivity index (χ1) is 12.0. The SMILES string of the molecule is CC1CCN(C[C@@H](NC[C@H]2Cc3ccc(O)cc3CN2)C(C)C)CC1. The van der Waals surface area contributed by atoms with Gasteiger partial charge in [0, 0.05) is 31.7 Å².